The van der Waals surface area contributed by atoms with Crippen molar-refractivity contribution in [3.63, 3.8) is 0 Å². The molecule has 1 aromatic carbocycles. The number of hydrogen-bond acceptors (Lipinski definition) is 5. The highest BCUT2D eigenvalue weighted by Gasteiger charge is 2.27. The Kier molecular flexibility index (Phi) is 9.24. The van der Waals surface area contributed by atoms with Crippen molar-refractivity contribution in [3.05, 3.63) is 55.7 Å². The Morgan fingerprint density at radius 1 is 1.23 bits per heavy atom. The number of amides is 2. The zero-order valence-electron chi connectivity index (χ0n) is 17.0. The molecule has 0 spiro atoms. The molecule has 2 aromatic rings. The Morgan fingerprint density at radius 2 is 2.10 bits per heavy atom. The van der Waals surface area contributed by atoms with E-state index in [0.29, 0.717) is 43.0 Å². The van der Waals surface area contributed by atoms with Gasteiger partial charge in [0.15, 0.2) is 0 Å². The van der Waals surface area contributed by atoms with Crippen LogP contribution < -0.4 is 10.6 Å². The zero-order chi connectivity index (χ0) is 21.3. The minimum atomic E-state index is -0.228. The van der Waals surface area contributed by atoms with Gasteiger partial charge in [-0.1, -0.05) is 29.3 Å². The van der Waals surface area contributed by atoms with Crippen LogP contribution in [0.1, 0.15) is 22.0 Å². The Bertz CT molecular complexity index is 834. The Balaban J connectivity index is 1.60. The van der Waals surface area contributed by atoms with Gasteiger partial charge in [0.2, 0.25) is 0 Å². The predicted molar refractivity (Wildman–Crippen MR) is 122 cm³/mol. The molecule has 0 aliphatic carbocycles. The third-order valence-corrected chi connectivity index (χ3v) is 6.60. The van der Waals surface area contributed by atoms with Crippen LogP contribution in [0.4, 0.5) is 4.79 Å². The topological polar surface area (TPSA) is 62.8 Å². The van der Waals surface area contributed by atoms with Gasteiger partial charge in [-0.3, -0.25) is 4.90 Å². The zero-order valence-corrected chi connectivity index (χ0v) is 19.3. The van der Waals surface area contributed by atoms with E-state index in [-0.39, 0.29) is 12.1 Å². The molecular weight excluding hydrogens is 445 g/mol. The van der Waals surface area contributed by atoms with E-state index in [9.17, 15) is 4.79 Å². The van der Waals surface area contributed by atoms with Crippen LogP contribution in [-0.4, -0.2) is 57.5 Å². The van der Waals surface area contributed by atoms with Crippen LogP contribution in [0.25, 0.3) is 0 Å². The number of nitrogens with one attached hydrogen (secondary N) is 2. The average molecular weight is 472 g/mol. The van der Waals surface area contributed by atoms with Crippen LogP contribution in [0.3, 0.4) is 0 Å². The first kappa shape index (κ1) is 23.3. The number of rotatable bonds is 10. The SMILES string of the molecule is COCCOCCNC(=O)NCC(c1ccc(Cl)cc1Cl)N1CCc2sccc2C1. The van der Waals surface area contributed by atoms with Gasteiger partial charge in [0.1, 0.15) is 0 Å². The fourth-order valence-electron chi connectivity index (χ4n) is 3.48. The molecule has 2 N–H and O–H groups in total. The first-order valence-electron chi connectivity index (χ1n) is 9.91. The summed E-state index contributed by atoms with van der Waals surface area (Å²) in [5.74, 6) is 0. The predicted octanol–water partition coefficient (Wildman–Crippen LogP) is 4.12. The first-order chi connectivity index (χ1) is 14.6. The summed E-state index contributed by atoms with van der Waals surface area (Å²) in [7, 11) is 1.62. The lowest BCUT2D eigenvalue weighted by molar-refractivity contribution is 0.0726. The summed E-state index contributed by atoms with van der Waals surface area (Å²) in [5.41, 5.74) is 2.31. The third-order valence-electron chi connectivity index (χ3n) is 5.02. The van der Waals surface area contributed by atoms with E-state index >= 15 is 0 Å². The van der Waals surface area contributed by atoms with E-state index in [1.807, 2.05) is 12.1 Å². The molecular formula is C21H27Cl2N3O3S. The number of carbonyl (C=O) groups is 1. The molecule has 0 saturated heterocycles. The van der Waals surface area contributed by atoms with Crippen molar-refractivity contribution in [1.29, 1.82) is 0 Å². The van der Waals surface area contributed by atoms with E-state index in [1.54, 1.807) is 24.5 Å². The smallest absolute Gasteiger partial charge is 0.314 e. The highest BCUT2D eigenvalue weighted by atomic mass is 35.5. The van der Waals surface area contributed by atoms with Gasteiger partial charge in [-0.15, -0.1) is 11.3 Å². The largest absolute Gasteiger partial charge is 0.382 e. The number of nitrogens with zero attached hydrogens (tertiary/aromatic N) is 1. The van der Waals surface area contributed by atoms with Crippen molar-refractivity contribution in [2.45, 2.75) is 19.0 Å². The highest BCUT2D eigenvalue weighted by Crippen LogP contribution is 2.34. The minimum absolute atomic E-state index is 0.0495. The van der Waals surface area contributed by atoms with Crippen LogP contribution in [0, 0.1) is 0 Å². The van der Waals surface area contributed by atoms with Crippen LogP contribution in [0.2, 0.25) is 10.0 Å². The van der Waals surface area contributed by atoms with E-state index in [2.05, 4.69) is 27.0 Å². The molecule has 0 radical (unpaired) electrons. The average Bonchev–Trinajstić information content (AvgIpc) is 3.20. The molecule has 0 bridgehead atoms. The normalized spacial score (nSPS) is 14.9. The molecule has 164 valence electrons. The minimum Gasteiger partial charge on any atom is -0.382 e. The number of ether oxygens (including phenoxy) is 2. The number of thiophene rings is 1. The standard InChI is InChI=1S/C21H27Cl2N3O3S/c1-28-9-10-29-8-6-24-21(27)25-13-19(17-3-2-16(22)12-18(17)23)26-7-4-20-15(14-26)5-11-30-20/h2-3,5,11-12,19H,4,6-10,13-14H2,1H3,(H2,24,25,27). The summed E-state index contributed by atoms with van der Waals surface area (Å²) in [6.07, 6.45) is 1.000. The van der Waals surface area contributed by atoms with Crippen molar-refractivity contribution in [1.82, 2.24) is 15.5 Å². The monoisotopic (exact) mass is 471 g/mol. The molecule has 6 nitrogen and oxygen atoms in total. The fraction of sp³-hybridized carbons (Fsp3) is 0.476. The quantitative estimate of drug-likeness (QED) is 0.511. The van der Waals surface area contributed by atoms with Crippen molar-refractivity contribution in [2.24, 2.45) is 0 Å². The summed E-state index contributed by atoms with van der Waals surface area (Å²) in [6, 6.07) is 7.44. The number of fused-ring (bicyclic) bond motifs is 1. The molecule has 1 aliphatic rings. The molecule has 9 heteroatoms. The molecule has 30 heavy (non-hydrogen) atoms. The van der Waals surface area contributed by atoms with Crippen molar-refractivity contribution < 1.29 is 14.3 Å². The van der Waals surface area contributed by atoms with Crippen LogP contribution >= 0.6 is 34.5 Å². The van der Waals surface area contributed by atoms with Crippen molar-refractivity contribution in [2.75, 3.05) is 46.6 Å². The number of methoxy groups -OCH3 is 1. The van der Waals surface area contributed by atoms with Crippen LogP contribution in [0.15, 0.2) is 29.6 Å². The fourth-order valence-corrected chi connectivity index (χ4v) is 4.90. The van der Waals surface area contributed by atoms with Crippen molar-refractivity contribution in [3.8, 4) is 0 Å². The van der Waals surface area contributed by atoms with Gasteiger partial charge >= 0.3 is 6.03 Å². The molecule has 2 heterocycles. The molecule has 0 fully saturated rings. The molecule has 1 aliphatic heterocycles. The number of urea groups is 1. The second kappa shape index (κ2) is 11.9. The number of hydrogen-bond donors (Lipinski definition) is 2. The summed E-state index contributed by atoms with van der Waals surface area (Å²) < 4.78 is 10.3. The van der Waals surface area contributed by atoms with Gasteiger partial charge in [0.05, 0.1) is 25.9 Å². The molecule has 1 atom stereocenters. The third kappa shape index (κ3) is 6.57. The van der Waals surface area contributed by atoms with Gasteiger partial charge < -0.3 is 20.1 Å². The van der Waals surface area contributed by atoms with Crippen molar-refractivity contribution >= 4 is 40.6 Å². The van der Waals surface area contributed by atoms with Crippen LogP contribution in [-0.2, 0) is 22.4 Å². The lowest BCUT2D eigenvalue weighted by Crippen LogP contribution is -2.44. The summed E-state index contributed by atoms with van der Waals surface area (Å²) in [6.45, 7) is 4.11. The Morgan fingerprint density at radius 3 is 2.90 bits per heavy atom. The Labute approximate surface area is 191 Å². The van der Waals surface area contributed by atoms with E-state index in [0.717, 1.165) is 25.1 Å². The van der Waals surface area contributed by atoms with E-state index in [4.69, 9.17) is 32.7 Å². The first-order valence-corrected chi connectivity index (χ1v) is 11.5. The van der Waals surface area contributed by atoms with Crippen LogP contribution in [0.5, 0.6) is 0 Å². The van der Waals surface area contributed by atoms with E-state index in [1.165, 1.54) is 10.4 Å². The second-order valence-electron chi connectivity index (χ2n) is 7.01. The van der Waals surface area contributed by atoms with Gasteiger partial charge in [-0.2, -0.15) is 0 Å². The van der Waals surface area contributed by atoms with Gasteiger partial charge in [-0.05, 0) is 41.1 Å². The Hall–Kier alpha value is -1.35. The molecule has 2 amide bonds. The maximum absolute atomic E-state index is 12.3. The summed E-state index contributed by atoms with van der Waals surface area (Å²) >= 11 is 14.4. The highest BCUT2D eigenvalue weighted by molar-refractivity contribution is 7.10. The number of halogens is 2. The van der Waals surface area contributed by atoms with Gasteiger partial charge in [0, 0.05) is 48.2 Å². The van der Waals surface area contributed by atoms with E-state index < -0.39 is 0 Å². The summed E-state index contributed by atoms with van der Waals surface area (Å²) in [4.78, 5) is 16.1. The number of carbonyl (C=O) groups excluding carboxylic acids is 1. The van der Waals surface area contributed by atoms with Gasteiger partial charge in [0.25, 0.3) is 0 Å². The molecule has 1 unspecified atom stereocenters. The molecule has 0 saturated carbocycles. The molecule has 3 rings (SSSR count). The maximum Gasteiger partial charge on any atom is 0.314 e. The summed E-state index contributed by atoms with van der Waals surface area (Å²) in [5, 5.41) is 9.14. The molecule has 1 aromatic heterocycles. The van der Waals surface area contributed by atoms with Gasteiger partial charge in [-0.25, -0.2) is 4.79 Å². The maximum atomic E-state index is 12.3. The number of benzene rings is 1. The lowest BCUT2D eigenvalue weighted by atomic mass is 10.0. The lowest BCUT2D eigenvalue weighted by Gasteiger charge is -2.35. The second-order valence-corrected chi connectivity index (χ2v) is 8.86.